The van der Waals surface area contributed by atoms with Crippen LogP contribution in [0.25, 0.3) is 11.4 Å². The lowest BCUT2D eigenvalue weighted by Crippen LogP contribution is -2.27. The van der Waals surface area contributed by atoms with Crippen LogP contribution in [0, 0.1) is 6.92 Å². The maximum Gasteiger partial charge on any atom is 0.227 e. The number of hydrogen-bond donors (Lipinski definition) is 1. The second-order valence-corrected chi connectivity index (χ2v) is 6.60. The van der Waals surface area contributed by atoms with Gasteiger partial charge in [-0.3, -0.25) is 4.79 Å². The molecule has 6 heteroatoms. The van der Waals surface area contributed by atoms with Gasteiger partial charge in [0.2, 0.25) is 17.6 Å². The summed E-state index contributed by atoms with van der Waals surface area (Å²) in [5.41, 5.74) is 3.09. The van der Waals surface area contributed by atoms with Crippen LogP contribution in [0.1, 0.15) is 36.4 Å². The molecule has 0 saturated heterocycles. The van der Waals surface area contributed by atoms with Crippen LogP contribution in [0.4, 0.5) is 0 Å². The summed E-state index contributed by atoms with van der Waals surface area (Å²) in [6, 6.07) is 15.2. The molecule has 0 aliphatic carbocycles. The van der Waals surface area contributed by atoms with Crippen LogP contribution < -0.4 is 5.32 Å². The molecule has 1 N–H and O–H groups in total. The lowest BCUT2D eigenvalue weighted by atomic mass is 10.0. The number of aryl methyl sites for hydroxylation is 2. The van der Waals surface area contributed by atoms with Crippen molar-refractivity contribution in [2.45, 2.75) is 32.7 Å². The van der Waals surface area contributed by atoms with E-state index in [0.29, 0.717) is 29.6 Å². The van der Waals surface area contributed by atoms with Gasteiger partial charge in [0.05, 0.1) is 6.04 Å². The van der Waals surface area contributed by atoms with Crippen LogP contribution in [0.3, 0.4) is 0 Å². The number of carbonyl (C=O) groups is 1. The predicted molar refractivity (Wildman–Crippen MR) is 101 cm³/mol. The molecule has 2 aromatic carbocycles. The fourth-order valence-electron chi connectivity index (χ4n) is 2.76. The van der Waals surface area contributed by atoms with Gasteiger partial charge >= 0.3 is 0 Å². The van der Waals surface area contributed by atoms with Crippen molar-refractivity contribution in [3.63, 3.8) is 0 Å². The molecular formula is C20H20ClN3O2. The molecule has 1 atom stereocenters. The highest BCUT2D eigenvalue weighted by Gasteiger charge is 2.14. The molecule has 0 saturated carbocycles. The highest BCUT2D eigenvalue weighted by Crippen LogP contribution is 2.19. The first-order valence-electron chi connectivity index (χ1n) is 8.46. The normalized spacial score (nSPS) is 12.0. The summed E-state index contributed by atoms with van der Waals surface area (Å²) in [5.74, 6) is 0.881. The van der Waals surface area contributed by atoms with E-state index in [1.165, 1.54) is 0 Å². The number of nitrogens with zero attached hydrogens (tertiary/aromatic N) is 2. The van der Waals surface area contributed by atoms with E-state index >= 15 is 0 Å². The third-order valence-electron chi connectivity index (χ3n) is 4.17. The monoisotopic (exact) mass is 369 g/mol. The smallest absolute Gasteiger partial charge is 0.227 e. The minimum Gasteiger partial charge on any atom is -0.350 e. The highest BCUT2D eigenvalue weighted by atomic mass is 35.5. The van der Waals surface area contributed by atoms with E-state index in [4.69, 9.17) is 16.1 Å². The van der Waals surface area contributed by atoms with Gasteiger partial charge in [-0.25, -0.2) is 0 Å². The van der Waals surface area contributed by atoms with Gasteiger partial charge in [0.25, 0.3) is 0 Å². The Labute approximate surface area is 157 Å². The van der Waals surface area contributed by atoms with Crippen molar-refractivity contribution >= 4 is 17.5 Å². The van der Waals surface area contributed by atoms with Crippen LogP contribution >= 0.6 is 11.6 Å². The highest BCUT2D eigenvalue weighted by molar-refractivity contribution is 6.30. The topological polar surface area (TPSA) is 68.0 Å². The number of hydrogen-bond acceptors (Lipinski definition) is 4. The molecule has 5 nitrogen and oxygen atoms in total. The number of rotatable bonds is 6. The summed E-state index contributed by atoms with van der Waals surface area (Å²) in [5, 5.41) is 7.61. The number of aromatic nitrogens is 2. The Balaban J connectivity index is 1.55. The van der Waals surface area contributed by atoms with Gasteiger partial charge in [0.15, 0.2) is 0 Å². The van der Waals surface area contributed by atoms with E-state index in [0.717, 1.165) is 16.7 Å². The second-order valence-electron chi connectivity index (χ2n) is 6.16. The zero-order valence-corrected chi connectivity index (χ0v) is 15.5. The quantitative estimate of drug-likeness (QED) is 0.694. The van der Waals surface area contributed by atoms with Crippen LogP contribution in [0.5, 0.6) is 0 Å². The summed E-state index contributed by atoms with van der Waals surface area (Å²) in [4.78, 5) is 16.5. The average Bonchev–Trinajstić information content (AvgIpc) is 3.10. The molecule has 0 fully saturated rings. The van der Waals surface area contributed by atoms with E-state index in [1.807, 2.05) is 50.2 Å². The van der Waals surface area contributed by atoms with Crippen molar-refractivity contribution < 1.29 is 9.32 Å². The number of carbonyl (C=O) groups excluding carboxylic acids is 1. The first kappa shape index (κ1) is 18.1. The lowest BCUT2D eigenvalue weighted by Gasteiger charge is -2.16. The zero-order chi connectivity index (χ0) is 18.5. The molecule has 3 aromatic rings. The van der Waals surface area contributed by atoms with E-state index in [9.17, 15) is 4.79 Å². The Kier molecular flexibility index (Phi) is 5.68. The largest absolute Gasteiger partial charge is 0.350 e. The first-order valence-corrected chi connectivity index (χ1v) is 8.84. The molecule has 0 spiro atoms. The van der Waals surface area contributed by atoms with Crippen molar-refractivity contribution in [2.24, 2.45) is 0 Å². The van der Waals surface area contributed by atoms with Crippen molar-refractivity contribution in [3.05, 3.63) is 70.6 Å². The molecule has 0 bridgehead atoms. The summed E-state index contributed by atoms with van der Waals surface area (Å²) < 4.78 is 5.23. The maximum atomic E-state index is 12.2. The Hall–Kier alpha value is -2.66. The maximum absolute atomic E-state index is 12.2. The van der Waals surface area contributed by atoms with E-state index < -0.39 is 0 Å². The zero-order valence-electron chi connectivity index (χ0n) is 14.7. The van der Waals surface area contributed by atoms with E-state index in [2.05, 4.69) is 15.5 Å². The minimum absolute atomic E-state index is 0.0454. The second kappa shape index (κ2) is 8.15. The summed E-state index contributed by atoms with van der Waals surface area (Å²) in [7, 11) is 0. The Morgan fingerprint density at radius 2 is 1.92 bits per heavy atom. The average molecular weight is 370 g/mol. The van der Waals surface area contributed by atoms with Crippen molar-refractivity contribution in [1.82, 2.24) is 15.5 Å². The third-order valence-corrected chi connectivity index (χ3v) is 4.42. The molecule has 0 aliphatic rings. The summed E-state index contributed by atoms with van der Waals surface area (Å²) in [6.45, 7) is 4.01. The molecule has 0 aliphatic heterocycles. The SMILES string of the molecule is Cc1ccccc1C(C)NC(=O)CCc1nc(-c2ccc(Cl)cc2)no1. The van der Waals surface area contributed by atoms with Crippen molar-refractivity contribution in [2.75, 3.05) is 0 Å². The number of benzene rings is 2. The number of amides is 1. The van der Waals surface area contributed by atoms with Gasteiger partial charge < -0.3 is 9.84 Å². The fourth-order valence-corrected chi connectivity index (χ4v) is 2.88. The van der Waals surface area contributed by atoms with Gasteiger partial charge in [-0.05, 0) is 49.2 Å². The fraction of sp³-hybridized carbons (Fsp3) is 0.250. The van der Waals surface area contributed by atoms with Crippen LogP contribution in [0.15, 0.2) is 53.1 Å². The summed E-state index contributed by atoms with van der Waals surface area (Å²) >= 11 is 5.88. The molecule has 1 heterocycles. The van der Waals surface area contributed by atoms with Crippen molar-refractivity contribution in [1.29, 1.82) is 0 Å². The number of nitrogens with one attached hydrogen (secondary N) is 1. The van der Waals surface area contributed by atoms with E-state index in [1.54, 1.807) is 12.1 Å². The molecule has 0 radical (unpaired) electrons. The van der Waals surface area contributed by atoms with Crippen LogP contribution in [-0.4, -0.2) is 16.0 Å². The van der Waals surface area contributed by atoms with Crippen LogP contribution in [-0.2, 0) is 11.2 Å². The minimum atomic E-state index is -0.0491. The first-order chi connectivity index (χ1) is 12.5. The van der Waals surface area contributed by atoms with Gasteiger partial charge in [0, 0.05) is 23.4 Å². The summed E-state index contributed by atoms with van der Waals surface area (Å²) in [6.07, 6.45) is 0.686. The Morgan fingerprint density at radius 3 is 2.65 bits per heavy atom. The van der Waals surface area contributed by atoms with Gasteiger partial charge in [0.1, 0.15) is 0 Å². The van der Waals surface area contributed by atoms with Gasteiger partial charge in [-0.1, -0.05) is 41.0 Å². The molecular weight excluding hydrogens is 350 g/mol. The molecule has 3 rings (SSSR count). The van der Waals surface area contributed by atoms with E-state index in [-0.39, 0.29) is 11.9 Å². The Morgan fingerprint density at radius 1 is 1.19 bits per heavy atom. The lowest BCUT2D eigenvalue weighted by molar-refractivity contribution is -0.121. The standard InChI is InChI=1S/C20H20ClN3O2/c1-13-5-3-4-6-17(13)14(2)22-18(25)11-12-19-23-20(24-26-19)15-7-9-16(21)10-8-15/h3-10,14H,11-12H2,1-2H3,(H,22,25). The molecule has 134 valence electrons. The van der Waals surface area contributed by atoms with Crippen molar-refractivity contribution in [3.8, 4) is 11.4 Å². The molecule has 1 aromatic heterocycles. The number of halogens is 1. The molecule has 1 amide bonds. The molecule has 1 unspecified atom stereocenters. The van der Waals surface area contributed by atoms with Gasteiger partial charge in [-0.2, -0.15) is 4.98 Å². The Bertz CT molecular complexity index is 890. The van der Waals surface area contributed by atoms with Gasteiger partial charge in [-0.15, -0.1) is 0 Å². The third kappa shape index (κ3) is 4.49. The molecule has 26 heavy (non-hydrogen) atoms. The predicted octanol–water partition coefficient (Wildman–Crippen LogP) is 4.51. The van der Waals surface area contributed by atoms with Crippen LogP contribution in [0.2, 0.25) is 5.02 Å².